The number of hydrogen-bond donors (Lipinski definition) is 1. The van der Waals surface area contributed by atoms with E-state index in [1.165, 1.54) is 11.8 Å². The molecule has 0 saturated carbocycles. The van der Waals surface area contributed by atoms with Crippen LogP contribution in [0.1, 0.15) is 5.82 Å². The fourth-order valence-corrected chi connectivity index (χ4v) is 3.75. The highest BCUT2D eigenvalue weighted by Gasteiger charge is 2.14. The summed E-state index contributed by atoms with van der Waals surface area (Å²) in [5.74, 6) is 1.74. The number of nitrogens with one attached hydrogen (secondary N) is 1. The van der Waals surface area contributed by atoms with Gasteiger partial charge < -0.3 is 4.98 Å². The zero-order valence-electron chi connectivity index (χ0n) is 14.7. The molecule has 1 aromatic carbocycles. The third kappa shape index (κ3) is 3.69. The molecule has 140 valence electrons. The number of aromatic amines is 1. The molecule has 0 bridgehead atoms. The Bertz CT molecular complexity index is 1200. The summed E-state index contributed by atoms with van der Waals surface area (Å²) in [5.41, 5.74) is 1.31. The van der Waals surface area contributed by atoms with Crippen LogP contribution in [0.5, 0.6) is 0 Å². The van der Waals surface area contributed by atoms with Gasteiger partial charge in [-0.2, -0.15) is 0 Å². The summed E-state index contributed by atoms with van der Waals surface area (Å²) in [6, 6.07) is 8.83. The highest BCUT2D eigenvalue weighted by Crippen LogP contribution is 2.25. The lowest BCUT2D eigenvalue weighted by Gasteiger charge is -2.08. The van der Waals surface area contributed by atoms with Gasteiger partial charge in [0, 0.05) is 29.5 Å². The largest absolute Gasteiger partial charge is 0.309 e. The van der Waals surface area contributed by atoms with Gasteiger partial charge in [-0.1, -0.05) is 29.4 Å². The predicted octanol–water partition coefficient (Wildman–Crippen LogP) is 3.71. The minimum Gasteiger partial charge on any atom is -0.309 e. The Morgan fingerprint density at radius 1 is 1.21 bits per heavy atom. The number of hydrogen-bond acceptors (Lipinski definition) is 6. The first-order chi connectivity index (χ1) is 13.7. The first kappa shape index (κ1) is 18.4. The zero-order chi connectivity index (χ0) is 19.5. The Morgan fingerprint density at radius 2 is 2.04 bits per heavy atom. The average Bonchev–Trinajstić information content (AvgIpc) is 3.10. The molecule has 7 nitrogen and oxygen atoms in total. The van der Waals surface area contributed by atoms with Crippen molar-refractivity contribution >= 4 is 34.3 Å². The van der Waals surface area contributed by atoms with Crippen LogP contribution in [-0.2, 0) is 12.3 Å². The average molecular weight is 411 g/mol. The Hall–Kier alpha value is -2.97. The number of fused-ring (bicyclic) bond motifs is 1. The number of pyridine rings is 1. The van der Waals surface area contributed by atoms with E-state index in [1.807, 2.05) is 16.7 Å². The molecule has 0 radical (unpaired) electrons. The summed E-state index contributed by atoms with van der Waals surface area (Å²) in [6.45, 7) is 4.38. The molecule has 0 saturated heterocycles. The van der Waals surface area contributed by atoms with E-state index in [-0.39, 0.29) is 5.56 Å². The first-order valence-corrected chi connectivity index (χ1v) is 9.78. The molecular formula is C19H15ClN6OS. The molecule has 0 unspecified atom stereocenters. The van der Waals surface area contributed by atoms with Crippen molar-refractivity contribution in [1.29, 1.82) is 0 Å². The van der Waals surface area contributed by atoms with Crippen molar-refractivity contribution in [1.82, 2.24) is 29.7 Å². The molecule has 0 aliphatic heterocycles. The zero-order valence-corrected chi connectivity index (χ0v) is 16.2. The fraction of sp³-hybridized carbons (Fsp3) is 0.105. The molecule has 28 heavy (non-hydrogen) atoms. The van der Waals surface area contributed by atoms with Gasteiger partial charge in [0.05, 0.1) is 16.7 Å². The predicted molar refractivity (Wildman–Crippen MR) is 110 cm³/mol. The van der Waals surface area contributed by atoms with Crippen LogP contribution in [0.4, 0.5) is 0 Å². The number of thioether (sulfide) groups is 1. The highest BCUT2D eigenvalue weighted by atomic mass is 35.5. The van der Waals surface area contributed by atoms with Crippen molar-refractivity contribution < 1.29 is 0 Å². The molecular weight excluding hydrogens is 396 g/mol. The molecule has 0 spiro atoms. The summed E-state index contributed by atoms with van der Waals surface area (Å²) in [4.78, 5) is 23.7. The Kier molecular flexibility index (Phi) is 5.23. The quantitative estimate of drug-likeness (QED) is 0.385. The summed E-state index contributed by atoms with van der Waals surface area (Å²) < 4.78 is 1.96. The molecule has 0 aliphatic rings. The number of allylic oxidation sites excluding steroid dienone is 1. The van der Waals surface area contributed by atoms with Gasteiger partial charge in [-0.15, -0.1) is 16.8 Å². The van der Waals surface area contributed by atoms with Crippen molar-refractivity contribution in [3.05, 3.63) is 76.6 Å². The number of halogens is 1. The number of aromatic nitrogens is 6. The normalized spacial score (nSPS) is 11.0. The van der Waals surface area contributed by atoms with Crippen LogP contribution < -0.4 is 5.56 Å². The van der Waals surface area contributed by atoms with Crippen LogP contribution in [0.3, 0.4) is 0 Å². The summed E-state index contributed by atoms with van der Waals surface area (Å²) in [6.07, 6.45) is 5.22. The molecule has 4 rings (SSSR count). The Labute approximate surface area is 169 Å². The highest BCUT2D eigenvalue weighted by molar-refractivity contribution is 7.98. The van der Waals surface area contributed by atoms with Gasteiger partial charge in [-0.3, -0.25) is 14.3 Å². The van der Waals surface area contributed by atoms with Gasteiger partial charge in [0.1, 0.15) is 5.82 Å². The molecule has 0 amide bonds. The molecule has 3 aromatic heterocycles. The maximum Gasteiger partial charge on any atom is 0.258 e. The van der Waals surface area contributed by atoms with E-state index in [0.717, 1.165) is 11.4 Å². The molecule has 0 fully saturated rings. The van der Waals surface area contributed by atoms with Crippen molar-refractivity contribution in [2.75, 3.05) is 0 Å². The topological polar surface area (TPSA) is 89.4 Å². The first-order valence-electron chi connectivity index (χ1n) is 8.41. The lowest BCUT2D eigenvalue weighted by Crippen LogP contribution is -2.11. The molecule has 0 atom stereocenters. The molecule has 3 heterocycles. The lowest BCUT2D eigenvalue weighted by atomic mass is 10.2. The summed E-state index contributed by atoms with van der Waals surface area (Å²) >= 11 is 7.40. The number of rotatable bonds is 6. The van der Waals surface area contributed by atoms with Gasteiger partial charge in [-0.05, 0) is 30.3 Å². The number of nitrogens with zero attached hydrogens (tertiary/aromatic N) is 5. The van der Waals surface area contributed by atoms with E-state index < -0.39 is 0 Å². The third-order valence-corrected chi connectivity index (χ3v) is 5.23. The van der Waals surface area contributed by atoms with Gasteiger partial charge in [0.15, 0.2) is 11.0 Å². The van der Waals surface area contributed by atoms with E-state index in [0.29, 0.717) is 39.2 Å². The van der Waals surface area contributed by atoms with E-state index in [1.54, 1.807) is 36.7 Å². The Morgan fingerprint density at radius 3 is 2.82 bits per heavy atom. The number of H-pyrrole nitrogens is 1. The standard InChI is InChI=1S/C19H15ClN6OS/c1-2-9-26-17(12-5-7-21-8-6-12)24-25-19(26)28-11-16-22-15-4-3-13(20)10-14(15)18(27)23-16/h2-8,10H,1,9,11H2,(H,22,23,27). The Balaban J connectivity index is 1.62. The van der Waals surface area contributed by atoms with Gasteiger partial charge in [-0.25, -0.2) is 4.98 Å². The lowest BCUT2D eigenvalue weighted by molar-refractivity contribution is 0.730. The maximum absolute atomic E-state index is 12.3. The van der Waals surface area contributed by atoms with Crippen LogP contribution in [0.25, 0.3) is 22.3 Å². The van der Waals surface area contributed by atoms with Gasteiger partial charge in [0.25, 0.3) is 5.56 Å². The second-order valence-corrected chi connectivity index (χ2v) is 7.28. The van der Waals surface area contributed by atoms with Crippen LogP contribution in [-0.4, -0.2) is 29.7 Å². The van der Waals surface area contributed by atoms with Crippen LogP contribution in [0, 0.1) is 0 Å². The van der Waals surface area contributed by atoms with E-state index >= 15 is 0 Å². The van der Waals surface area contributed by atoms with Crippen LogP contribution in [0.2, 0.25) is 5.02 Å². The summed E-state index contributed by atoms with van der Waals surface area (Å²) in [7, 11) is 0. The summed E-state index contributed by atoms with van der Waals surface area (Å²) in [5, 5.41) is 10.3. The third-order valence-electron chi connectivity index (χ3n) is 4.02. The second kappa shape index (κ2) is 7.95. The van der Waals surface area contributed by atoms with E-state index in [2.05, 4.69) is 31.7 Å². The SMILES string of the molecule is C=CCn1c(SCc2nc3ccc(Cl)cc3c(=O)[nH]2)nnc1-c1ccncc1. The van der Waals surface area contributed by atoms with Gasteiger partial charge in [0.2, 0.25) is 0 Å². The minimum absolute atomic E-state index is 0.215. The second-order valence-electron chi connectivity index (χ2n) is 5.90. The smallest absolute Gasteiger partial charge is 0.258 e. The monoisotopic (exact) mass is 410 g/mol. The molecule has 1 N–H and O–H groups in total. The minimum atomic E-state index is -0.215. The molecule has 4 aromatic rings. The molecule has 0 aliphatic carbocycles. The van der Waals surface area contributed by atoms with Crippen molar-refractivity contribution in [3.8, 4) is 11.4 Å². The van der Waals surface area contributed by atoms with E-state index in [9.17, 15) is 4.79 Å². The van der Waals surface area contributed by atoms with E-state index in [4.69, 9.17) is 11.6 Å². The van der Waals surface area contributed by atoms with Gasteiger partial charge >= 0.3 is 0 Å². The van der Waals surface area contributed by atoms with Crippen LogP contribution >= 0.6 is 23.4 Å². The van der Waals surface area contributed by atoms with Crippen molar-refractivity contribution in [3.63, 3.8) is 0 Å². The fourth-order valence-electron chi connectivity index (χ4n) is 2.76. The van der Waals surface area contributed by atoms with Crippen LogP contribution in [0.15, 0.2) is 65.3 Å². The number of benzene rings is 1. The van der Waals surface area contributed by atoms with Crippen molar-refractivity contribution in [2.24, 2.45) is 0 Å². The van der Waals surface area contributed by atoms with Crippen molar-refractivity contribution in [2.45, 2.75) is 17.5 Å². The maximum atomic E-state index is 12.3. The molecule has 9 heteroatoms.